The molecule has 3 saturated heterocycles. The second-order valence-electron chi connectivity index (χ2n) is 8.43. The van der Waals surface area contributed by atoms with Crippen molar-refractivity contribution in [3.63, 3.8) is 0 Å². The van der Waals surface area contributed by atoms with E-state index in [2.05, 4.69) is 28.0 Å². The summed E-state index contributed by atoms with van der Waals surface area (Å²) in [5.41, 5.74) is 2.95. The minimum Gasteiger partial charge on any atom is -0.487 e. The lowest BCUT2D eigenvalue weighted by atomic mass is 9.80. The van der Waals surface area contributed by atoms with Crippen LogP contribution in [0.2, 0.25) is 0 Å². The summed E-state index contributed by atoms with van der Waals surface area (Å²) in [7, 11) is 0. The molecule has 0 N–H and O–H groups in total. The lowest BCUT2D eigenvalue weighted by Crippen LogP contribution is -2.54. The van der Waals surface area contributed by atoms with Crippen LogP contribution in [0.4, 0.5) is 0 Å². The van der Waals surface area contributed by atoms with E-state index in [1.807, 2.05) is 0 Å². The van der Waals surface area contributed by atoms with E-state index in [-0.39, 0.29) is 5.60 Å². The molecule has 0 saturated carbocycles. The van der Waals surface area contributed by atoms with Crippen LogP contribution in [-0.4, -0.2) is 60.8 Å². The lowest BCUT2D eigenvalue weighted by Gasteiger charge is -2.46. The minimum atomic E-state index is 0.0818. The third kappa shape index (κ3) is 3.20. The molecular weight excluding hydrogens is 312 g/mol. The van der Waals surface area contributed by atoms with E-state index in [4.69, 9.17) is 9.47 Å². The van der Waals surface area contributed by atoms with Gasteiger partial charge in [0.05, 0.1) is 13.2 Å². The van der Waals surface area contributed by atoms with Gasteiger partial charge in [0.2, 0.25) is 0 Å². The van der Waals surface area contributed by atoms with Crippen molar-refractivity contribution in [2.45, 2.75) is 56.7 Å². The van der Waals surface area contributed by atoms with Crippen molar-refractivity contribution >= 4 is 0 Å². The van der Waals surface area contributed by atoms with Gasteiger partial charge in [-0.2, -0.15) is 0 Å². The van der Waals surface area contributed by atoms with E-state index in [1.165, 1.54) is 56.3 Å². The summed E-state index contributed by atoms with van der Waals surface area (Å²) in [5.74, 6) is 1.15. The Hall–Kier alpha value is -1.10. The van der Waals surface area contributed by atoms with Gasteiger partial charge in [0.1, 0.15) is 11.4 Å². The number of ether oxygens (including phenoxy) is 2. The molecule has 0 amide bonds. The lowest BCUT2D eigenvalue weighted by molar-refractivity contribution is -0.0249. The highest BCUT2D eigenvalue weighted by Crippen LogP contribution is 2.44. The van der Waals surface area contributed by atoms with Crippen LogP contribution in [0.3, 0.4) is 0 Å². The summed E-state index contributed by atoms with van der Waals surface area (Å²) < 4.78 is 12.0. The van der Waals surface area contributed by atoms with Gasteiger partial charge in [-0.3, -0.25) is 4.90 Å². The number of hydrogen-bond acceptors (Lipinski definition) is 4. The van der Waals surface area contributed by atoms with Crippen LogP contribution in [0, 0.1) is 0 Å². The first kappa shape index (κ1) is 16.1. The van der Waals surface area contributed by atoms with Crippen molar-refractivity contribution in [2.75, 3.05) is 39.4 Å². The molecule has 4 heteroatoms. The molecule has 4 aliphatic heterocycles. The Bertz CT molecular complexity index is 628. The summed E-state index contributed by atoms with van der Waals surface area (Å²) in [4.78, 5) is 5.21. The van der Waals surface area contributed by atoms with E-state index in [9.17, 15) is 0 Å². The van der Waals surface area contributed by atoms with E-state index in [1.54, 1.807) is 0 Å². The Balaban J connectivity index is 1.28. The standard InChI is InChI=1S/C21H30N2O2/c1-2-7-23-8-6-21(15-19(23)3-1)14-18-13-17(4-5-20(18)25-21)16-22-9-11-24-12-10-22/h4-5,13,19H,1-3,6-12,14-16H2/t19-,21+/m1/s1. The Morgan fingerprint density at radius 2 is 2.00 bits per heavy atom. The summed E-state index contributed by atoms with van der Waals surface area (Å²) >= 11 is 0. The van der Waals surface area contributed by atoms with Gasteiger partial charge in [-0.05, 0) is 36.6 Å². The number of hydrogen-bond donors (Lipinski definition) is 0. The van der Waals surface area contributed by atoms with Crippen molar-refractivity contribution in [1.29, 1.82) is 0 Å². The summed E-state index contributed by atoms with van der Waals surface area (Å²) in [6, 6.07) is 7.66. The molecule has 136 valence electrons. The number of nitrogens with zero attached hydrogens (tertiary/aromatic N) is 2. The molecule has 1 aromatic rings. The molecule has 2 atom stereocenters. The summed E-state index contributed by atoms with van der Waals surface area (Å²) in [6.07, 6.45) is 7.67. The highest BCUT2D eigenvalue weighted by Gasteiger charge is 2.46. The van der Waals surface area contributed by atoms with Gasteiger partial charge in [0, 0.05) is 51.5 Å². The Morgan fingerprint density at radius 1 is 1.08 bits per heavy atom. The molecule has 0 unspecified atom stereocenters. The Morgan fingerprint density at radius 3 is 2.92 bits per heavy atom. The van der Waals surface area contributed by atoms with Crippen LogP contribution in [0.15, 0.2) is 18.2 Å². The monoisotopic (exact) mass is 342 g/mol. The molecule has 5 rings (SSSR count). The van der Waals surface area contributed by atoms with Gasteiger partial charge in [0.25, 0.3) is 0 Å². The number of rotatable bonds is 2. The van der Waals surface area contributed by atoms with Gasteiger partial charge in [0.15, 0.2) is 0 Å². The maximum Gasteiger partial charge on any atom is 0.123 e. The Kier molecular flexibility index (Phi) is 4.23. The Labute approximate surface area is 151 Å². The first-order valence-corrected chi connectivity index (χ1v) is 10.1. The number of benzene rings is 1. The SMILES string of the molecule is c1cc2c(cc1CN1CCOCC1)C[C@]1(CCN3CCCC[C@@H]3C1)O2. The predicted molar refractivity (Wildman–Crippen MR) is 98.0 cm³/mol. The van der Waals surface area contributed by atoms with Crippen LogP contribution in [0.5, 0.6) is 5.75 Å². The minimum absolute atomic E-state index is 0.0818. The first-order chi connectivity index (χ1) is 12.3. The van der Waals surface area contributed by atoms with Crippen LogP contribution in [0.1, 0.15) is 43.2 Å². The molecule has 1 spiro atoms. The third-order valence-corrected chi connectivity index (χ3v) is 6.69. The van der Waals surface area contributed by atoms with Crippen molar-refractivity contribution < 1.29 is 9.47 Å². The third-order valence-electron chi connectivity index (χ3n) is 6.69. The number of morpholine rings is 1. The maximum absolute atomic E-state index is 6.57. The molecule has 0 aromatic heterocycles. The predicted octanol–water partition coefficient (Wildman–Crippen LogP) is 2.84. The van der Waals surface area contributed by atoms with Crippen molar-refractivity contribution in [3.8, 4) is 5.75 Å². The van der Waals surface area contributed by atoms with Gasteiger partial charge in [-0.1, -0.05) is 18.6 Å². The van der Waals surface area contributed by atoms with Gasteiger partial charge in [-0.25, -0.2) is 0 Å². The van der Waals surface area contributed by atoms with Crippen molar-refractivity contribution in [3.05, 3.63) is 29.3 Å². The molecule has 3 fully saturated rings. The highest BCUT2D eigenvalue weighted by molar-refractivity contribution is 5.42. The van der Waals surface area contributed by atoms with Crippen LogP contribution >= 0.6 is 0 Å². The van der Waals surface area contributed by atoms with Gasteiger partial charge >= 0.3 is 0 Å². The van der Waals surface area contributed by atoms with Crippen LogP contribution in [-0.2, 0) is 17.7 Å². The summed E-state index contributed by atoms with van der Waals surface area (Å²) in [5, 5.41) is 0. The number of fused-ring (bicyclic) bond motifs is 2. The number of piperidine rings is 2. The van der Waals surface area contributed by atoms with Gasteiger partial charge < -0.3 is 14.4 Å². The topological polar surface area (TPSA) is 24.9 Å². The molecule has 0 aliphatic carbocycles. The second-order valence-corrected chi connectivity index (χ2v) is 8.43. The van der Waals surface area contributed by atoms with Crippen LogP contribution < -0.4 is 4.74 Å². The fourth-order valence-electron chi connectivity index (χ4n) is 5.32. The maximum atomic E-state index is 6.57. The molecule has 4 heterocycles. The van der Waals surface area contributed by atoms with Crippen LogP contribution in [0.25, 0.3) is 0 Å². The van der Waals surface area contributed by atoms with Gasteiger partial charge in [-0.15, -0.1) is 0 Å². The zero-order valence-corrected chi connectivity index (χ0v) is 15.2. The molecule has 0 radical (unpaired) electrons. The molecule has 4 nitrogen and oxygen atoms in total. The zero-order chi connectivity index (χ0) is 16.7. The van der Waals surface area contributed by atoms with Crippen molar-refractivity contribution in [1.82, 2.24) is 9.80 Å². The summed E-state index contributed by atoms with van der Waals surface area (Å²) in [6.45, 7) is 7.41. The molecule has 25 heavy (non-hydrogen) atoms. The average Bonchev–Trinajstić information content (AvgIpc) is 2.99. The largest absolute Gasteiger partial charge is 0.487 e. The zero-order valence-electron chi connectivity index (χ0n) is 15.2. The van der Waals surface area contributed by atoms with E-state index in [0.717, 1.165) is 51.1 Å². The molecule has 4 aliphatic rings. The van der Waals surface area contributed by atoms with Crippen molar-refractivity contribution in [2.24, 2.45) is 0 Å². The van der Waals surface area contributed by atoms with E-state index >= 15 is 0 Å². The fourth-order valence-corrected chi connectivity index (χ4v) is 5.32. The molecular formula is C21H30N2O2. The average molecular weight is 342 g/mol. The quantitative estimate of drug-likeness (QED) is 0.825. The highest BCUT2D eigenvalue weighted by atomic mass is 16.5. The molecule has 1 aromatic carbocycles. The second kappa shape index (κ2) is 6.57. The first-order valence-electron chi connectivity index (χ1n) is 10.1. The smallest absolute Gasteiger partial charge is 0.123 e. The normalized spacial score (nSPS) is 33.0. The van der Waals surface area contributed by atoms with E-state index in [0.29, 0.717) is 0 Å². The molecule has 0 bridgehead atoms. The van der Waals surface area contributed by atoms with E-state index < -0.39 is 0 Å². The fraction of sp³-hybridized carbons (Fsp3) is 0.714.